The predicted octanol–water partition coefficient (Wildman–Crippen LogP) is 16.0. The maximum Gasteiger partial charge on any atom is 0.303 e. The van der Waals surface area contributed by atoms with Gasteiger partial charge < -0.3 is 29.9 Å². The van der Waals surface area contributed by atoms with Crippen LogP contribution in [0.3, 0.4) is 0 Å². The Kier molecular flexibility index (Phi) is 42.1. The number of ether oxygens (including phenoxy) is 2. The number of rotatable bonds is 40. The highest BCUT2D eigenvalue weighted by Gasteiger charge is 2.07. The summed E-state index contributed by atoms with van der Waals surface area (Å²) in [6.45, 7) is 4.54. The minimum atomic E-state index is -0.653. The number of carboxylic acids is 2. The van der Waals surface area contributed by atoms with Gasteiger partial charge in [0.1, 0.15) is 0 Å². The third-order valence-electron chi connectivity index (χ3n) is 11.7. The van der Waals surface area contributed by atoms with Gasteiger partial charge in [-0.1, -0.05) is 218 Å². The SMILES string of the molecule is CCCCCCCCCCCCCCCCCC(=O)O.CCCCCCCCCCCCCCCCCC(=O)O.COc1cc(/C=C/C(=O)CC(=O)/C=C/c2ccc(O)c(OC)c2)ccc1O. The Morgan fingerprint density at radius 2 is 0.672 bits per heavy atom. The molecule has 0 atom stereocenters. The summed E-state index contributed by atoms with van der Waals surface area (Å²) in [7, 11) is 2.87. The zero-order chi connectivity index (χ0) is 49.6. The van der Waals surface area contributed by atoms with Crippen LogP contribution in [0.5, 0.6) is 23.0 Å². The van der Waals surface area contributed by atoms with Crippen molar-refractivity contribution in [2.45, 2.75) is 226 Å². The highest BCUT2D eigenvalue weighted by molar-refractivity contribution is 6.10. The number of hydrogen-bond donors (Lipinski definition) is 4. The Morgan fingerprint density at radius 1 is 0.418 bits per heavy atom. The number of carbonyl (C=O) groups is 4. The molecule has 0 amide bonds. The average Bonchev–Trinajstić information content (AvgIpc) is 3.31. The van der Waals surface area contributed by atoms with E-state index in [-0.39, 0.29) is 29.5 Å². The fraction of sp³-hybridized carbons (Fsp3) is 0.649. The summed E-state index contributed by atoms with van der Waals surface area (Å²) < 4.78 is 10.00. The van der Waals surface area contributed by atoms with E-state index in [4.69, 9.17) is 19.7 Å². The average molecular weight is 937 g/mol. The summed E-state index contributed by atoms with van der Waals surface area (Å²) in [6.07, 6.45) is 45.8. The monoisotopic (exact) mass is 937 g/mol. The van der Waals surface area contributed by atoms with Crippen LogP contribution in [0.2, 0.25) is 0 Å². The number of carboxylic acid groups (broad SMARTS) is 2. The van der Waals surface area contributed by atoms with Crippen LogP contribution in [0.1, 0.15) is 237 Å². The molecule has 10 nitrogen and oxygen atoms in total. The molecule has 2 aromatic rings. The van der Waals surface area contributed by atoms with Crippen LogP contribution in [0.15, 0.2) is 48.6 Å². The number of hydrogen-bond acceptors (Lipinski definition) is 8. The molecular formula is C57H92O10. The summed E-state index contributed by atoms with van der Waals surface area (Å²) in [5.74, 6) is -1.39. The molecule has 67 heavy (non-hydrogen) atoms. The molecule has 0 unspecified atom stereocenters. The standard InChI is InChI=1S/C21H20O6.2C18H36O2/c1-26-20-11-14(5-9-18(20)24)3-7-16(22)13-17(23)8-4-15-6-10-19(25)21(12-15)27-2;2*1-2-3-4-5-6-7-8-9-10-11-12-13-14-15-16-17-18(19)20/h3-12,24-25H,13H2,1-2H3;2*2-17H2,1H3,(H,19,20)/b7-3+,8-4+;;. The molecule has 0 aliphatic heterocycles. The van der Waals surface area contributed by atoms with E-state index in [0.717, 1.165) is 25.7 Å². The van der Waals surface area contributed by atoms with E-state index in [1.807, 2.05) is 0 Å². The van der Waals surface area contributed by atoms with Gasteiger partial charge in [-0.2, -0.15) is 0 Å². The first-order chi connectivity index (χ1) is 32.5. The summed E-state index contributed by atoms with van der Waals surface area (Å²) >= 11 is 0. The summed E-state index contributed by atoms with van der Waals surface area (Å²) in [4.78, 5) is 44.5. The van der Waals surface area contributed by atoms with Crippen molar-refractivity contribution in [2.24, 2.45) is 0 Å². The van der Waals surface area contributed by atoms with Gasteiger partial charge in [0.2, 0.25) is 0 Å². The van der Waals surface area contributed by atoms with Gasteiger partial charge in [0.25, 0.3) is 0 Å². The summed E-state index contributed by atoms with van der Waals surface area (Å²) in [5.41, 5.74) is 1.33. The normalized spacial score (nSPS) is 10.9. The molecule has 0 aromatic heterocycles. The zero-order valence-corrected chi connectivity index (χ0v) is 42.3. The van der Waals surface area contributed by atoms with Crippen LogP contribution in [0, 0.1) is 0 Å². The lowest BCUT2D eigenvalue weighted by Gasteiger charge is -2.03. The highest BCUT2D eigenvalue weighted by atomic mass is 16.5. The van der Waals surface area contributed by atoms with E-state index in [0.29, 0.717) is 35.5 Å². The first kappa shape index (κ1) is 62.4. The fourth-order valence-electron chi connectivity index (χ4n) is 7.56. The number of allylic oxidation sites excluding steroid dienone is 2. The molecule has 0 heterocycles. The molecule has 0 bridgehead atoms. The van der Waals surface area contributed by atoms with Crippen LogP contribution >= 0.6 is 0 Å². The van der Waals surface area contributed by atoms with Gasteiger partial charge in [-0.05, 0) is 60.4 Å². The second-order valence-corrected chi connectivity index (χ2v) is 17.8. The van der Waals surface area contributed by atoms with Crippen molar-refractivity contribution in [3.8, 4) is 23.0 Å². The Morgan fingerprint density at radius 3 is 0.910 bits per heavy atom. The molecule has 10 heteroatoms. The molecule has 0 radical (unpaired) electrons. The van der Waals surface area contributed by atoms with Crippen molar-refractivity contribution in [3.63, 3.8) is 0 Å². The number of methoxy groups -OCH3 is 2. The Balaban J connectivity index is 0.000000996. The number of phenolic OH excluding ortho intramolecular Hbond substituents is 2. The van der Waals surface area contributed by atoms with Gasteiger partial charge in [0.05, 0.1) is 20.6 Å². The predicted molar refractivity (Wildman–Crippen MR) is 276 cm³/mol. The summed E-state index contributed by atoms with van der Waals surface area (Å²) in [5, 5.41) is 36.1. The second kappa shape index (κ2) is 45.2. The van der Waals surface area contributed by atoms with Gasteiger partial charge in [0, 0.05) is 12.8 Å². The van der Waals surface area contributed by atoms with Gasteiger partial charge >= 0.3 is 11.9 Å². The van der Waals surface area contributed by atoms with Crippen molar-refractivity contribution in [1.82, 2.24) is 0 Å². The van der Waals surface area contributed by atoms with Gasteiger partial charge in [-0.25, -0.2) is 0 Å². The zero-order valence-electron chi connectivity index (χ0n) is 42.3. The summed E-state index contributed by atoms with van der Waals surface area (Å²) in [6, 6.07) is 9.34. The molecule has 0 fully saturated rings. The number of benzene rings is 2. The number of carbonyl (C=O) groups excluding carboxylic acids is 2. The van der Waals surface area contributed by atoms with Crippen LogP contribution in [0.25, 0.3) is 12.2 Å². The van der Waals surface area contributed by atoms with E-state index in [2.05, 4.69) is 13.8 Å². The van der Waals surface area contributed by atoms with Gasteiger partial charge in [-0.3, -0.25) is 19.2 Å². The molecule has 380 valence electrons. The van der Waals surface area contributed by atoms with Crippen LogP contribution in [-0.4, -0.2) is 58.2 Å². The van der Waals surface area contributed by atoms with E-state index < -0.39 is 11.9 Å². The van der Waals surface area contributed by atoms with E-state index >= 15 is 0 Å². The molecule has 2 aromatic carbocycles. The lowest BCUT2D eigenvalue weighted by Crippen LogP contribution is -2.01. The molecular weight excluding hydrogens is 845 g/mol. The van der Waals surface area contributed by atoms with E-state index in [1.165, 1.54) is 205 Å². The van der Waals surface area contributed by atoms with E-state index in [9.17, 15) is 29.4 Å². The van der Waals surface area contributed by atoms with Crippen molar-refractivity contribution in [2.75, 3.05) is 14.2 Å². The second-order valence-electron chi connectivity index (χ2n) is 17.8. The Labute approximate surface area is 406 Å². The lowest BCUT2D eigenvalue weighted by molar-refractivity contribution is -0.138. The van der Waals surface area contributed by atoms with E-state index in [1.54, 1.807) is 36.4 Å². The molecule has 0 aliphatic carbocycles. The number of aliphatic carboxylic acids is 2. The Bertz CT molecular complexity index is 1500. The molecule has 4 N–H and O–H groups in total. The van der Waals surface area contributed by atoms with Crippen molar-refractivity contribution < 1.29 is 49.1 Å². The minimum absolute atomic E-state index is 0.00662. The van der Waals surface area contributed by atoms with Gasteiger partial charge in [-0.15, -0.1) is 0 Å². The number of unbranched alkanes of at least 4 members (excludes halogenated alkanes) is 28. The highest BCUT2D eigenvalue weighted by Crippen LogP contribution is 2.28. The number of aromatic hydroxyl groups is 2. The van der Waals surface area contributed by atoms with Gasteiger partial charge in [0.15, 0.2) is 34.6 Å². The van der Waals surface area contributed by atoms with Crippen LogP contribution in [-0.2, 0) is 19.2 Å². The van der Waals surface area contributed by atoms with Crippen molar-refractivity contribution in [3.05, 3.63) is 59.7 Å². The van der Waals surface area contributed by atoms with Crippen molar-refractivity contribution >= 4 is 35.7 Å². The largest absolute Gasteiger partial charge is 0.504 e. The molecule has 0 saturated heterocycles. The van der Waals surface area contributed by atoms with Crippen LogP contribution < -0.4 is 9.47 Å². The number of phenols is 2. The molecule has 2 rings (SSSR count). The third kappa shape index (κ3) is 40.2. The maximum absolute atomic E-state index is 11.9. The molecule has 0 spiro atoms. The fourth-order valence-corrected chi connectivity index (χ4v) is 7.56. The smallest absolute Gasteiger partial charge is 0.303 e. The minimum Gasteiger partial charge on any atom is -0.504 e. The lowest BCUT2D eigenvalue weighted by atomic mass is 10.0. The van der Waals surface area contributed by atoms with Crippen LogP contribution in [0.4, 0.5) is 0 Å². The molecule has 0 saturated carbocycles. The quantitative estimate of drug-likeness (QED) is 0.0287. The topological polar surface area (TPSA) is 168 Å². The molecule has 0 aliphatic rings. The first-order valence-corrected chi connectivity index (χ1v) is 26.1. The third-order valence-corrected chi connectivity index (χ3v) is 11.7. The number of ketones is 2. The first-order valence-electron chi connectivity index (χ1n) is 26.1. The Hall–Kier alpha value is -4.60. The maximum atomic E-state index is 11.9. The van der Waals surface area contributed by atoms with Crippen molar-refractivity contribution in [1.29, 1.82) is 0 Å².